The summed E-state index contributed by atoms with van der Waals surface area (Å²) in [6, 6.07) is 10.3. The third-order valence-corrected chi connectivity index (χ3v) is 6.68. The maximum absolute atomic E-state index is 6.19. The largest absolute Gasteiger partial charge is 0.391 e. The lowest BCUT2D eigenvalue weighted by molar-refractivity contribution is -0.110. The molecule has 1 unspecified atom stereocenters. The Morgan fingerprint density at radius 2 is 1.89 bits per heavy atom. The first-order chi connectivity index (χ1) is 9.08. The number of ether oxygens (including phenoxy) is 1. The Bertz CT molecular complexity index is 392. The average Bonchev–Trinajstić information content (AvgIpc) is 2.38. The Kier molecular flexibility index (Phi) is 4.79. The van der Waals surface area contributed by atoms with Gasteiger partial charge in [-0.25, -0.2) is 0 Å². The first-order valence-corrected chi connectivity index (χ1v) is 9.31. The molecule has 1 aromatic rings. The van der Waals surface area contributed by atoms with Gasteiger partial charge in [0.15, 0.2) is 0 Å². The predicted octanol–water partition coefficient (Wildman–Crippen LogP) is 2.45. The van der Waals surface area contributed by atoms with Gasteiger partial charge in [-0.05, 0) is 25.1 Å². The molecule has 0 saturated carbocycles. The van der Waals surface area contributed by atoms with Crippen molar-refractivity contribution in [3.8, 4) is 0 Å². The zero-order chi connectivity index (χ0) is 13.8. The van der Waals surface area contributed by atoms with Crippen molar-refractivity contribution in [1.82, 2.24) is 0 Å². The highest BCUT2D eigenvalue weighted by atomic mass is 28.4. The van der Waals surface area contributed by atoms with Gasteiger partial charge in [0.1, 0.15) is 0 Å². The van der Waals surface area contributed by atoms with E-state index in [0.29, 0.717) is 12.0 Å². The Morgan fingerprint density at radius 1 is 1.21 bits per heavy atom. The maximum atomic E-state index is 6.19. The van der Waals surface area contributed by atoms with E-state index >= 15 is 0 Å². The van der Waals surface area contributed by atoms with Crippen molar-refractivity contribution in [2.75, 3.05) is 26.4 Å². The second kappa shape index (κ2) is 6.18. The van der Waals surface area contributed by atoms with Crippen molar-refractivity contribution in [1.29, 1.82) is 0 Å². The minimum absolute atomic E-state index is 0.304. The van der Waals surface area contributed by atoms with Gasteiger partial charge in [0.25, 0.3) is 0 Å². The Morgan fingerprint density at radius 3 is 2.42 bits per heavy atom. The Hall–Kier alpha value is -0.683. The number of rotatable bonds is 7. The fourth-order valence-electron chi connectivity index (χ4n) is 2.31. The smallest absolute Gasteiger partial charge is 0.369 e. The van der Waals surface area contributed by atoms with Crippen LogP contribution >= 0.6 is 0 Å². The number of hydrogen-bond donors (Lipinski definition) is 0. The van der Waals surface area contributed by atoms with Crippen LogP contribution in [0.15, 0.2) is 30.3 Å². The van der Waals surface area contributed by atoms with Crippen LogP contribution in [-0.4, -0.2) is 35.0 Å². The monoisotopic (exact) mass is 280 g/mol. The second-order valence-electron chi connectivity index (χ2n) is 5.65. The van der Waals surface area contributed by atoms with E-state index in [1.807, 2.05) is 25.1 Å². The molecule has 0 spiro atoms. The van der Waals surface area contributed by atoms with Crippen LogP contribution in [-0.2, 0) is 13.6 Å². The zero-order valence-electron chi connectivity index (χ0n) is 12.1. The fraction of sp³-hybridized carbons (Fsp3) is 0.600. The van der Waals surface area contributed by atoms with Gasteiger partial charge in [0.05, 0.1) is 13.2 Å². The van der Waals surface area contributed by atoms with Crippen molar-refractivity contribution < 1.29 is 13.6 Å². The Balaban J connectivity index is 1.95. The molecule has 0 amide bonds. The first-order valence-electron chi connectivity index (χ1n) is 6.99. The van der Waals surface area contributed by atoms with Gasteiger partial charge in [0.2, 0.25) is 0 Å². The van der Waals surface area contributed by atoms with Gasteiger partial charge in [-0.1, -0.05) is 37.3 Å². The van der Waals surface area contributed by atoms with E-state index in [2.05, 4.69) is 25.6 Å². The average molecular weight is 280 g/mol. The van der Waals surface area contributed by atoms with E-state index in [0.717, 1.165) is 26.2 Å². The molecule has 19 heavy (non-hydrogen) atoms. The van der Waals surface area contributed by atoms with E-state index in [9.17, 15) is 0 Å². The van der Waals surface area contributed by atoms with Gasteiger partial charge in [-0.15, -0.1) is 0 Å². The van der Waals surface area contributed by atoms with Crippen LogP contribution in [0.3, 0.4) is 0 Å². The molecule has 0 aliphatic carbocycles. The highest BCUT2D eigenvalue weighted by Crippen LogP contribution is 2.30. The molecule has 0 N–H and O–H groups in total. The summed E-state index contributed by atoms with van der Waals surface area (Å²) in [7, 11) is -2.25. The standard InChI is InChI=1S/C15H24O3Si/c1-4-17-19(3,14-8-6-5-7-9-14)18-11-10-15(2)12-16-13-15/h5-9H,4,10-13H2,1-3H3. The van der Waals surface area contributed by atoms with Crippen LogP contribution < -0.4 is 5.19 Å². The van der Waals surface area contributed by atoms with Crippen LogP contribution in [0.2, 0.25) is 6.55 Å². The molecule has 1 atom stereocenters. The van der Waals surface area contributed by atoms with Crippen LogP contribution in [0.4, 0.5) is 0 Å². The van der Waals surface area contributed by atoms with Crippen molar-refractivity contribution in [2.45, 2.75) is 26.8 Å². The molecular formula is C15H24O3Si. The quantitative estimate of drug-likeness (QED) is 0.718. The highest BCUT2D eigenvalue weighted by molar-refractivity contribution is 6.79. The molecule has 1 aliphatic heterocycles. The van der Waals surface area contributed by atoms with E-state index in [4.69, 9.17) is 13.6 Å². The van der Waals surface area contributed by atoms with Crippen molar-refractivity contribution in [3.05, 3.63) is 30.3 Å². The van der Waals surface area contributed by atoms with E-state index in [-0.39, 0.29) is 0 Å². The second-order valence-corrected chi connectivity index (χ2v) is 8.69. The molecule has 0 aromatic heterocycles. The summed E-state index contributed by atoms with van der Waals surface area (Å²) in [4.78, 5) is 0. The molecule has 1 fully saturated rings. The predicted molar refractivity (Wildman–Crippen MR) is 78.8 cm³/mol. The molecule has 0 bridgehead atoms. The minimum Gasteiger partial charge on any atom is -0.391 e. The maximum Gasteiger partial charge on any atom is 0.369 e. The molecule has 0 radical (unpaired) electrons. The summed E-state index contributed by atoms with van der Waals surface area (Å²) < 4.78 is 17.4. The minimum atomic E-state index is -2.25. The van der Waals surface area contributed by atoms with Gasteiger partial charge in [0, 0.05) is 18.6 Å². The molecule has 1 aromatic carbocycles. The van der Waals surface area contributed by atoms with E-state index < -0.39 is 8.56 Å². The lowest BCUT2D eigenvalue weighted by Crippen LogP contribution is -2.52. The molecule has 2 rings (SSSR count). The lowest BCUT2D eigenvalue weighted by Gasteiger charge is -2.39. The molecule has 106 valence electrons. The molecule has 3 nitrogen and oxygen atoms in total. The first kappa shape index (κ1) is 14.7. The summed E-state index contributed by atoms with van der Waals surface area (Å²) >= 11 is 0. The van der Waals surface area contributed by atoms with Crippen molar-refractivity contribution >= 4 is 13.7 Å². The lowest BCUT2D eigenvalue weighted by atomic mass is 9.85. The normalized spacial score (nSPS) is 20.6. The molecule has 1 saturated heterocycles. The number of benzene rings is 1. The van der Waals surface area contributed by atoms with E-state index in [1.165, 1.54) is 5.19 Å². The van der Waals surface area contributed by atoms with Crippen LogP contribution in [0.25, 0.3) is 0 Å². The van der Waals surface area contributed by atoms with Gasteiger partial charge in [-0.3, -0.25) is 0 Å². The van der Waals surface area contributed by atoms with Crippen LogP contribution in [0.1, 0.15) is 20.3 Å². The summed E-state index contributed by atoms with van der Waals surface area (Å²) in [6.07, 6.45) is 1.04. The van der Waals surface area contributed by atoms with Gasteiger partial charge < -0.3 is 13.6 Å². The molecule has 1 heterocycles. The molecule has 4 heteroatoms. The fourth-order valence-corrected chi connectivity index (χ4v) is 4.57. The summed E-state index contributed by atoms with van der Waals surface area (Å²) in [5.41, 5.74) is 0.304. The molecule has 1 aliphatic rings. The van der Waals surface area contributed by atoms with Gasteiger partial charge in [-0.2, -0.15) is 0 Å². The third-order valence-electron chi connectivity index (χ3n) is 3.70. The summed E-state index contributed by atoms with van der Waals surface area (Å²) in [5.74, 6) is 0. The topological polar surface area (TPSA) is 27.7 Å². The zero-order valence-corrected chi connectivity index (χ0v) is 13.1. The van der Waals surface area contributed by atoms with Crippen LogP contribution in [0, 0.1) is 5.41 Å². The van der Waals surface area contributed by atoms with Crippen molar-refractivity contribution in [3.63, 3.8) is 0 Å². The SMILES string of the molecule is CCO[Si](C)(OCCC1(C)COC1)c1ccccc1. The number of hydrogen-bond acceptors (Lipinski definition) is 3. The Labute approximate surface area is 117 Å². The summed E-state index contributed by atoms with van der Waals surface area (Å²) in [6.45, 7) is 9.56. The third kappa shape index (κ3) is 3.66. The highest BCUT2D eigenvalue weighted by Gasteiger charge is 2.37. The van der Waals surface area contributed by atoms with Crippen LogP contribution in [0.5, 0.6) is 0 Å². The molecular weight excluding hydrogens is 256 g/mol. The van der Waals surface area contributed by atoms with E-state index in [1.54, 1.807) is 0 Å². The van der Waals surface area contributed by atoms with Crippen molar-refractivity contribution in [2.24, 2.45) is 5.41 Å². The van der Waals surface area contributed by atoms with Gasteiger partial charge >= 0.3 is 8.56 Å². The summed E-state index contributed by atoms with van der Waals surface area (Å²) in [5, 5.41) is 1.20.